The molecule has 4 heteroatoms. The van der Waals surface area contributed by atoms with Crippen LogP contribution in [0.4, 0.5) is 0 Å². The fraction of sp³-hybridized carbons (Fsp3) is 0.357. The van der Waals surface area contributed by atoms with Crippen LogP contribution in [0.2, 0.25) is 5.02 Å². The zero-order chi connectivity index (χ0) is 13.2. The predicted octanol–water partition coefficient (Wildman–Crippen LogP) is 4.67. The summed E-state index contributed by atoms with van der Waals surface area (Å²) >= 11 is 7.53. The summed E-state index contributed by atoms with van der Waals surface area (Å²) in [4.78, 5) is 4.58. The average Bonchev–Trinajstić information content (AvgIpc) is 2.74. The fourth-order valence-electron chi connectivity index (χ4n) is 1.42. The summed E-state index contributed by atoms with van der Waals surface area (Å²) in [5.41, 5.74) is 1.20. The topological polar surface area (TPSA) is 22.1 Å². The molecule has 0 N–H and O–H groups in total. The first kappa shape index (κ1) is 13.4. The van der Waals surface area contributed by atoms with E-state index in [0.29, 0.717) is 11.6 Å². The third-order valence-electron chi connectivity index (χ3n) is 2.48. The summed E-state index contributed by atoms with van der Waals surface area (Å²) in [6.07, 6.45) is 0. The number of benzene rings is 1. The highest BCUT2D eigenvalue weighted by Gasteiger charge is 2.17. The van der Waals surface area contributed by atoms with E-state index in [1.165, 1.54) is 0 Å². The van der Waals surface area contributed by atoms with Gasteiger partial charge in [-0.05, 0) is 18.2 Å². The van der Waals surface area contributed by atoms with Gasteiger partial charge in [0.05, 0.1) is 5.69 Å². The van der Waals surface area contributed by atoms with Crippen molar-refractivity contribution in [3.05, 3.63) is 45.4 Å². The summed E-state index contributed by atoms with van der Waals surface area (Å²) in [5, 5.41) is 3.76. The maximum absolute atomic E-state index is 5.90. The minimum absolute atomic E-state index is 0.0881. The van der Waals surface area contributed by atoms with Crippen molar-refractivity contribution in [1.29, 1.82) is 0 Å². The van der Waals surface area contributed by atoms with Crippen LogP contribution in [0.25, 0.3) is 0 Å². The Morgan fingerprint density at radius 2 is 2.11 bits per heavy atom. The molecule has 0 amide bonds. The highest BCUT2D eigenvalue weighted by atomic mass is 35.5. The smallest absolute Gasteiger partial charge is 0.140 e. The van der Waals surface area contributed by atoms with Gasteiger partial charge in [-0.2, -0.15) is 0 Å². The third kappa shape index (κ3) is 3.47. The lowest BCUT2D eigenvalue weighted by Gasteiger charge is -2.14. The lowest BCUT2D eigenvalue weighted by atomic mass is 9.93. The van der Waals surface area contributed by atoms with Crippen LogP contribution < -0.4 is 4.74 Å². The number of halogens is 1. The molecule has 2 aromatic rings. The van der Waals surface area contributed by atoms with Crippen LogP contribution in [0, 0.1) is 0 Å². The molecule has 1 heterocycles. The van der Waals surface area contributed by atoms with E-state index in [-0.39, 0.29) is 5.41 Å². The van der Waals surface area contributed by atoms with Crippen molar-refractivity contribution in [2.75, 3.05) is 0 Å². The lowest BCUT2D eigenvalue weighted by Crippen LogP contribution is -2.11. The minimum atomic E-state index is 0.0881. The molecule has 0 aliphatic rings. The Bertz CT molecular complexity index is 531. The van der Waals surface area contributed by atoms with Crippen molar-refractivity contribution in [2.45, 2.75) is 32.8 Å². The van der Waals surface area contributed by atoms with Gasteiger partial charge in [-0.15, -0.1) is 11.3 Å². The molecule has 0 saturated heterocycles. The quantitative estimate of drug-likeness (QED) is 0.815. The van der Waals surface area contributed by atoms with Gasteiger partial charge in [0.25, 0.3) is 0 Å². The highest BCUT2D eigenvalue weighted by molar-refractivity contribution is 7.09. The number of ether oxygens (including phenoxy) is 1. The van der Waals surface area contributed by atoms with Crippen LogP contribution >= 0.6 is 22.9 Å². The molecular weight excluding hydrogens is 266 g/mol. The van der Waals surface area contributed by atoms with E-state index in [0.717, 1.165) is 16.5 Å². The molecule has 0 spiro atoms. The van der Waals surface area contributed by atoms with E-state index in [4.69, 9.17) is 16.3 Å². The molecule has 0 aliphatic carbocycles. The van der Waals surface area contributed by atoms with Gasteiger partial charge in [0.2, 0.25) is 0 Å². The third-order valence-corrected chi connectivity index (χ3v) is 3.54. The molecule has 2 rings (SSSR count). The number of hydrogen-bond donors (Lipinski definition) is 0. The summed E-state index contributed by atoms with van der Waals surface area (Å²) < 4.78 is 5.66. The molecule has 96 valence electrons. The van der Waals surface area contributed by atoms with Gasteiger partial charge in [0, 0.05) is 15.8 Å². The standard InChI is InChI=1S/C14H16ClNOS/c1-14(2,3)12-9-18-13(16-12)8-17-11-6-4-5-10(15)7-11/h4-7,9H,8H2,1-3H3. The maximum atomic E-state index is 5.90. The zero-order valence-corrected chi connectivity index (χ0v) is 12.3. The van der Waals surface area contributed by atoms with Crippen molar-refractivity contribution in [1.82, 2.24) is 4.98 Å². The molecule has 0 unspecified atom stereocenters. The highest BCUT2D eigenvalue weighted by Crippen LogP contribution is 2.25. The van der Waals surface area contributed by atoms with Crippen LogP contribution in [0.5, 0.6) is 5.75 Å². The average molecular weight is 282 g/mol. The summed E-state index contributed by atoms with van der Waals surface area (Å²) in [7, 11) is 0. The Morgan fingerprint density at radius 1 is 1.33 bits per heavy atom. The Balaban J connectivity index is 2.01. The van der Waals surface area contributed by atoms with Crippen LogP contribution in [0.15, 0.2) is 29.6 Å². The van der Waals surface area contributed by atoms with Crippen molar-refractivity contribution < 1.29 is 4.74 Å². The van der Waals surface area contributed by atoms with E-state index in [2.05, 4.69) is 31.1 Å². The molecule has 1 aromatic carbocycles. The molecule has 2 nitrogen and oxygen atoms in total. The van der Waals surface area contributed by atoms with Crippen LogP contribution in [0.3, 0.4) is 0 Å². The van der Waals surface area contributed by atoms with Gasteiger partial charge in [-0.1, -0.05) is 38.4 Å². The number of rotatable bonds is 3. The van der Waals surface area contributed by atoms with Gasteiger partial charge in [-0.3, -0.25) is 0 Å². The van der Waals surface area contributed by atoms with Crippen molar-refractivity contribution >= 4 is 22.9 Å². The number of nitrogens with zero attached hydrogens (tertiary/aromatic N) is 1. The molecule has 0 radical (unpaired) electrons. The maximum Gasteiger partial charge on any atom is 0.140 e. The molecule has 0 aliphatic heterocycles. The monoisotopic (exact) mass is 281 g/mol. The Morgan fingerprint density at radius 3 is 2.72 bits per heavy atom. The molecule has 0 bridgehead atoms. The van der Waals surface area contributed by atoms with Crippen LogP contribution in [-0.4, -0.2) is 4.98 Å². The summed E-state index contributed by atoms with van der Waals surface area (Å²) in [5.74, 6) is 0.773. The van der Waals surface area contributed by atoms with Gasteiger partial charge in [0.15, 0.2) is 0 Å². The van der Waals surface area contributed by atoms with Gasteiger partial charge in [0.1, 0.15) is 17.4 Å². The molecular formula is C14H16ClNOS. The number of hydrogen-bond acceptors (Lipinski definition) is 3. The fourth-order valence-corrected chi connectivity index (χ4v) is 2.54. The van der Waals surface area contributed by atoms with Crippen LogP contribution in [0.1, 0.15) is 31.5 Å². The molecule has 0 fully saturated rings. The minimum Gasteiger partial charge on any atom is -0.486 e. The van der Waals surface area contributed by atoms with E-state index in [1.807, 2.05) is 18.2 Å². The molecule has 1 aromatic heterocycles. The summed E-state index contributed by atoms with van der Waals surface area (Å²) in [6.45, 7) is 6.96. The van der Waals surface area contributed by atoms with E-state index >= 15 is 0 Å². The van der Waals surface area contributed by atoms with Crippen molar-refractivity contribution in [2.24, 2.45) is 0 Å². The first-order valence-electron chi connectivity index (χ1n) is 5.78. The van der Waals surface area contributed by atoms with Crippen molar-refractivity contribution in [3.8, 4) is 5.75 Å². The summed E-state index contributed by atoms with van der Waals surface area (Å²) in [6, 6.07) is 7.40. The largest absolute Gasteiger partial charge is 0.486 e. The molecule has 0 saturated carbocycles. The first-order valence-corrected chi connectivity index (χ1v) is 7.04. The van der Waals surface area contributed by atoms with E-state index < -0.39 is 0 Å². The van der Waals surface area contributed by atoms with Gasteiger partial charge < -0.3 is 4.74 Å². The predicted molar refractivity (Wildman–Crippen MR) is 76.6 cm³/mol. The van der Waals surface area contributed by atoms with Gasteiger partial charge >= 0.3 is 0 Å². The number of thiazole rings is 1. The van der Waals surface area contributed by atoms with Gasteiger partial charge in [-0.25, -0.2) is 4.98 Å². The zero-order valence-electron chi connectivity index (χ0n) is 10.7. The molecule has 18 heavy (non-hydrogen) atoms. The Kier molecular flexibility index (Phi) is 3.93. The first-order chi connectivity index (χ1) is 8.45. The Hall–Kier alpha value is -1.06. The SMILES string of the molecule is CC(C)(C)c1csc(COc2cccc(Cl)c2)n1. The lowest BCUT2D eigenvalue weighted by molar-refractivity contribution is 0.305. The van der Waals surface area contributed by atoms with E-state index in [9.17, 15) is 0 Å². The second-order valence-corrected chi connectivity index (χ2v) is 6.50. The second-order valence-electron chi connectivity index (χ2n) is 5.12. The second kappa shape index (κ2) is 5.29. The Labute approximate surface area is 117 Å². The van der Waals surface area contributed by atoms with Crippen LogP contribution in [-0.2, 0) is 12.0 Å². The normalized spacial score (nSPS) is 11.6. The number of aromatic nitrogens is 1. The van der Waals surface area contributed by atoms with Crippen molar-refractivity contribution in [3.63, 3.8) is 0 Å². The molecule has 0 atom stereocenters. The van der Waals surface area contributed by atoms with E-state index in [1.54, 1.807) is 17.4 Å².